The molecule has 2 aliphatic rings. The standard InChI is InChI=1S/C7H13N2.K/c1-3-8-4-2-7(1)5-9-6-7;/h8H,1-6H2;/q-1;+1. The van der Waals surface area contributed by atoms with Crippen molar-refractivity contribution in [1.29, 1.82) is 0 Å². The van der Waals surface area contributed by atoms with Crippen molar-refractivity contribution < 1.29 is 51.4 Å². The van der Waals surface area contributed by atoms with E-state index in [9.17, 15) is 0 Å². The summed E-state index contributed by atoms with van der Waals surface area (Å²) in [7, 11) is 0. The molecular weight excluding hydrogens is 151 g/mol. The van der Waals surface area contributed by atoms with Gasteiger partial charge in [0.25, 0.3) is 0 Å². The molecule has 0 atom stereocenters. The van der Waals surface area contributed by atoms with Crippen LogP contribution in [0.2, 0.25) is 0 Å². The van der Waals surface area contributed by atoms with Crippen LogP contribution in [0.1, 0.15) is 12.8 Å². The van der Waals surface area contributed by atoms with Gasteiger partial charge in [-0.05, 0) is 25.9 Å². The van der Waals surface area contributed by atoms with E-state index in [1.165, 1.54) is 25.9 Å². The van der Waals surface area contributed by atoms with Crippen molar-refractivity contribution in [2.75, 3.05) is 26.2 Å². The SMILES string of the molecule is C1CC2(CCN1)C[N-]C2.[K+]. The molecule has 0 aliphatic carbocycles. The maximum atomic E-state index is 4.27. The van der Waals surface area contributed by atoms with Crippen molar-refractivity contribution in [2.24, 2.45) is 5.41 Å². The first-order chi connectivity index (χ1) is 4.41. The molecule has 0 aromatic heterocycles. The molecule has 0 amide bonds. The Balaban J connectivity index is 0.000000500. The minimum atomic E-state index is 0. The summed E-state index contributed by atoms with van der Waals surface area (Å²) in [6.07, 6.45) is 2.72. The predicted octanol–water partition coefficient (Wildman–Crippen LogP) is -2.25. The van der Waals surface area contributed by atoms with Crippen LogP contribution in [0.4, 0.5) is 0 Å². The van der Waals surface area contributed by atoms with E-state index in [1.807, 2.05) is 0 Å². The minimum absolute atomic E-state index is 0. The zero-order valence-corrected chi connectivity index (χ0v) is 9.81. The second-order valence-corrected chi connectivity index (χ2v) is 3.29. The zero-order valence-electron chi connectivity index (χ0n) is 6.69. The maximum Gasteiger partial charge on any atom is 1.00 e. The molecule has 0 radical (unpaired) electrons. The average Bonchev–Trinajstić information content (AvgIpc) is 1.87. The van der Waals surface area contributed by atoms with Gasteiger partial charge in [0.15, 0.2) is 0 Å². The van der Waals surface area contributed by atoms with Gasteiger partial charge in [0.05, 0.1) is 0 Å². The zero-order chi connectivity index (χ0) is 6.16. The van der Waals surface area contributed by atoms with E-state index in [2.05, 4.69) is 10.6 Å². The van der Waals surface area contributed by atoms with E-state index in [-0.39, 0.29) is 51.4 Å². The quantitative estimate of drug-likeness (QED) is 0.402. The fraction of sp³-hybridized carbons (Fsp3) is 1.00. The third-order valence-electron chi connectivity index (χ3n) is 2.56. The van der Waals surface area contributed by atoms with E-state index < -0.39 is 0 Å². The number of hydrogen-bond acceptors (Lipinski definition) is 1. The van der Waals surface area contributed by atoms with E-state index in [1.54, 1.807) is 0 Å². The molecule has 2 rings (SSSR count). The van der Waals surface area contributed by atoms with Crippen LogP contribution >= 0.6 is 0 Å². The van der Waals surface area contributed by atoms with Crippen LogP contribution in [0.3, 0.4) is 0 Å². The van der Waals surface area contributed by atoms with Gasteiger partial charge in [-0.15, -0.1) is 13.1 Å². The number of nitrogens with one attached hydrogen (secondary N) is 1. The molecule has 2 aliphatic heterocycles. The van der Waals surface area contributed by atoms with Crippen LogP contribution in [0.25, 0.3) is 5.32 Å². The van der Waals surface area contributed by atoms with Gasteiger partial charge in [-0.3, -0.25) is 0 Å². The third kappa shape index (κ3) is 1.83. The maximum absolute atomic E-state index is 4.27. The van der Waals surface area contributed by atoms with Gasteiger partial charge in [-0.25, -0.2) is 0 Å². The molecule has 2 fully saturated rings. The van der Waals surface area contributed by atoms with Crippen LogP contribution in [0.5, 0.6) is 0 Å². The summed E-state index contributed by atoms with van der Waals surface area (Å²) in [6.45, 7) is 4.73. The second-order valence-electron chi connectivity index (χ2n) is 3.29. The molecule has 0 aromatic rings. The van der Waals surface area contributed by atoms with Gasteiger partial charge in [-0.2, -0.15) is 0 Å². The van der Waals surface area contributed by atoms with Gasteiger partial charge < -0.3 is 10.6 Å². The van der Waals surface area contributed by atoms with Crippen molar-refractivity contribution in [2.45, 2.75) is 12.8 Å². The molecule has 1 N–H and O–H groups in total. The summed E-state index contributed by atoms with van der Waals surface area (Å²) in [5, 5.41) is 7.63. The molecule has 10 heavy (non-hydrogen) atoms. The summed E-state index contributed by atoms with van der Waals surface area (Å²) >= 11 is 0. The topological polar surface area (TPSA) is 26.1 Å². The fourth-order valence-electron chi connectivity index (χ4n) is 1.70. The van der Waals surface area contributed by atoms with Crippen molar-refractivity contribution in [3.8, 4) is 0 Å². The van der Waals surface area contributed by atoms with Gasteiger partial charge in [0, 0.05) is 0 Å². The van der Waals surface area contributed by atoms with Gasteiger partial charge in [0.2, 0.25) is 0 Å². The average molecular weight is 164 g/mol. The molecule has 3 heteroatoms. The van der Waals surface area contributed by atoms with Crippen LogP contribution in [-0.2, 0) is 0 Å². The molecule has 2 nitrogen and oxygen atoms in total. The van der Waals surface area contributed by atoms with Crippen molar-refractivity contribution in [3.05, 3.63) is 5.32 Å². The van der Waals surface area contributed by atoms with Crippen molar-refractivity contribution >= 4 is 0 Å². The largest absolute Gasteiger partial charge is 1.00 e. The summed E-state index contributed by atoms with van der Waals surface area (Å²) in [4.78, 5) is 0. The van der Waals surface area contributed by atoms with Crippen LogP contribution in [0.15, 0.2) is 0 Å². The van der Waals surface area contributed by atoms with Crippen molar-refractivity contribution in [1.82, 2.24) is 5.32 Å². The van der Waals surface area contributed by atoms with Gasteiger partial charge in [-0.1, -0.05) is 5.41 Å². The molecule has 2 heterocycles. The minimum Gasteiger partial charge on any atom is -0.661 e. The first-order valence-corrected chi connectivity index (χ1v) is 3.75. The smallest absolute Gasteiger partial charge is 0.661 e. The predicted molar refractivity (Wildman–Crippen MR) is 37.6 cm³/mol. The van der Waals surface area contributed by atoms with E-state index in [4.69, 9.17) is 0 Å². The molecular formula is C7H13KN2. The van der Waals surface area contributed by atoms with E-state index in [0.717, 1.165) is 13.1 Å². The van der Waals surface area contributed by atoms with E-state index in [0.29, 0.717) is 5.41 Å². The molecule has 52 valence electrons. The Kier molecular flexibility index (Phi) is 3.84. The Morgan fingerprint density at radius 2 is 1.70 bits per heavy atom. The third-order valence-corrected chi connectivity index (χ3v) is 2.56. The molecule has 0 unspecified atom stereocenters. The summed E-state index contributed by atoms with van der Waals surface area (Å²) in [5.74, 6) is 0. The Labute approximate surface area is 105 Å². The van der Waals surface area contributed by atoms with Crippen LogP contribution < -0.4 is 56.7 Å². The first-order valence-electron chi connectivity index (χ1n) is 3.75. The number of hydrogen-bond donors (Lipinski definition) is 1. The number of piperidine rings is 1. The molecule has 0 aromatic carbocycles. The second kappa shape index (κ2) is 3.98. The Morgan fingerprint density at radius 1 is 1.10 bits per heavy atom. The number of rotatable bonds is 0. The van der Waals surface area contributed by atoms with Gasteiger partial charge in [0.1, 0.15) is 0 Å². The Hall–Kier alpha value is 1.56. The monoisotopic (exact) mass is 164 g/mol. The molecule has 0 saturated carbocycles. The fourth-order valence-corrected chi connectivity index (χ4v) is 1.70. The van der Waals surface area contributed by atoms with Crippen LogP contribution in [0, 0.1) is 5.41 Å². The molecule has 1 spiro atoms. The van der Waals surface area contributed by atoms with Crippen LogP contribution in [-0.4, -0.2) is 26.2 Å². The molecule has 0 bridgehead atoms. The van der Waals surface area contributed by atoms with Gasteiger partial charge >= 0.3 is 51.4 Å². The van der Waals surface area contributed by atoms with Crippen molar-refractivity contribution in [3.63, 3.8) is 0 Å². The Bertz CT molecular complexity index is 104. The number of nitrogens with zero attached hydrogens (tertiary/aromatic N) is 1. The summed E-state index contributed by atoms with van der Waals surface area (Å²) < 4.78 is 0. The summed E-state index contributed by atoms with van der Waals surface area (Å²) in [5.41, 5.74) is 0.672. The summed E-state index contributed by atoms with van der Waals surface area (Å²) in [6, 6.07) is 0. The van der Waals surface area contributed by atoms with E-state index >= 15 is 0 Å². The normalized spacial score (nSPS) is 28.8. The molecule has 2 saturated heterocycles. The first kappa shape index (κ1) is 9.64. The Morgan fingerprint density at radius 3 is 2.00 bits per heavy atom.